The predicted molar refractivity (Wildman–Crippen MR) is 76.7 cm³/mol. The van der Waals surface area contributed by atoms with Gasteiger partial charge in [-0.05, 0) is 55.6 Å². The van der Waals surface area contributed by atoms with Gasteiger partial charge in [-0.15, -0.1) is 0 Å². The van der Waals surface area contributed by atoms with Crippen molar-refractivity contribution in [3.63, 3.8) is 0 Å². The van der Waals surface area contributed by atoms with Gasteiger partial charge in [0, 0.05) is 17.6 Å². The third-order valence-electron chi connectivity index (χ3n) is 5.01. The maximum Gasteiger partial charge on any atom is 0.0450 e. The average molecular weight is 264 g/mol. The number of nitrogens with one attached hydrogen (secondary N) is 1. The molecule has 0 radical (unpaired) electrons. The molecular formula is C16H22ClN. The second-order valence-corrected chi connectivity index (χ2v) is 6.51. The first-order valence-electron chi connectivity index (χ1n) is 7.21. The SMILES string of the molecule is C[C@@H](NCc1ccccc1Cl)[C@@H]1C[C@@H]2CC[C@@H]1C2. The van der Waals surface area contributed by atoms with Crippen LogP contribution in [0.3, 0.4) is 0 Å². The van der Waals surface area contributed by atoms with Crippen molar-refractivity contribution in [3.8, 4) is 0 Å². The maximum absolute atomic E-state index is 6.19. The summed E-state index contributed by atoms with van der Waals surface area (Å²) in [7, 11) is 0. The van der Waals surface area contributed by atoms with E-state index in [1.807, 2.05) is 12.1 Å². The Hall–Kier alpha value is -0.530. The smallest absolute Gasteiger partial charge is 0.0450 e. The van der Waals surface area contributed by atoms with E-state index in [0.717, 1.165) is 29.3 Å². The summed E-state index contributed by atoms with van der Waals surface area (Å²) in [5, 5.41) is 4.56. The van der Waals surface area contributed by atoms with Crippen molar-refractivity contribution in [2.75, 3.05) is 0 Å². The third kappa shape index (κ3) is 2.44. The number of halogens is 1. The first-order chi connectivity index (χ1) is 8.74. The number of fused-ring (bicyclic) bond motifs is 2. The second kappa shape index (κ2) is 5.22. The van der Waals surface area contributed by atoms with E-state index in [1.165, 1.54) is 31.2 Å². The van der Waals surface area contributed by atoms with E-state index in [9.17, 15) is 0 Å². The molecule has 0 aromatic heterocycles. The van der Waals surface area contributed by atoms with Gasteiger partial charge in [0.25, 0.3) is 0 Å². The molecule has 2 heteroatoms. The summed E-state index contributed by atoms with van der Waals surface area (Å²) >= 11 is 6.19. The molecule has 2 aliphatic carbocycles. The van der Waals surface area contributed by atoms with Crippen molar-refractivity contribution < 1.29 is 0 Å². The number of hydrogen-bond donors (Lipinski definition) is 1. The van der Waals surface area contributed by atoms with Gasteiger partial charge in [-0.1, -0.05) is 36.2 Å². The molecule has 3 rings (SSSR count). The molecule has 1 aromatic carbocycles. The summed E-state index contributed by atoms with van der Waals surface area (Å²) in [5.41, 5.74) is 1.22. The monoisotopic (exact) mass is 263 g/mol. The Morgan fingerprint density at radius 3 is 2.78 bits per heavy atom. The van der Waals surface area contributed by atoms with Gasteiger partial charge in [-0.2, -0.15) is 0 Å². The Bertz CT molecular complexity index is 417. The number of hydrogen-bond acceptors (Lipinski definition) is 1. The van der Waals surface area contributed by atoms with Crippen LogP contribution in [0.15, 0.2) is 24.3 Å². The number of rotatable bonds is 4. The van der Waals surface area contributed by atoms with Crippen LogP contribution in [0, 0.1) is 17.8 Å². The first-order valence-corrected chi connectivity index (χ1v) is 7.58. The molecule has 2 saturated carbocycles. The van der Waals surface area contributed by atoms with Gasteiger partial charge < -0.3 is 5.32 Å². The summed E-state index contributed by atoms with van der Waals surface area (Å²) in [4.78, 5) is 0. The lowest BCUT2D eigenvalue weighted by Crippen LogP contribution is -2.35. The molecule has 1 nitrogen and oxygen atoms in total. The number of benzene rings is 1. The molecule has 2 fully saturated rings. The molecule has 0 amide bonds. The summed E-state index contributed by atoms with van der Waals surface area (Å²) < 4.78 is 0. The van der Waals surface area contributed by atoms with E-state index >= 15 is 0 Å². The van der Waals surface area contributed by atoms with Gasteiger partial charge >= 0.3 is 0 Å². The van der Waals surface area contributed by atoms with Crippen LogP contribution >= 0.6 is 11.6 Å². The lowest BCUT2D eigenvalue weighted by atomic mass is 9.84. The molecule has 0 saturated heterocycles. The van der Waals surface area contributed by atoms with Crippen LogP contribution in [0.25, 0.3) is 0 Å². The van der Waals surface area contributed by atoms with Crippen LogP contribution in [-0.2, 0) is 6.54 Å². The molecule has 0 unspecified atom stereocenters. The van der Waals surface area contributed by atoms with E-state index in [4.69, 9.17) is 11.6 Å². The van der Waals surface area contributed by atoms with Crippen molar-refractivity contribution >= 4 is 11.6 Å². The fourth-order valence-corrected chi connectivity index (χ4v) is 4.17. The summed E-state index contributed by atoms with van der Waals surface area (Å²) in [6, 6.07) is 8.76. The zero-order valence-corrected chi connectivity index (χ0v) is 11.8. The van der Waals surface area contributed by atoms with E-state index in [1.54, 1.807) is 0 Å². The Morgan fingerprint density at radius 2 is 2.11 bits per heavy atom. The highest BCUT2D eigenvalue weighted by Crippen LogP contribution is 2.49. The highest BCUT2D eigenvalue weighted by molar-refractivity contribution is 6.31. The molecular weight excluding hydrogens is 242 g/mol. The van der Waals surface area contributed by atoms with Crippen LogP contribution in [0.5, 0.6) is 0 Å². The maximum atomic E-state index is 6.19. The largest absolute Gasteiger partial charge is 0.310 e. The molecule has 0 aliphatic heterocycles. The standard InChI is InChI=1S/C16H22ClN/c1-11(15-9-12-6-7-13(15)8-12)18-10-14-4-2-3-5-16(14)17/h2-5,11-13,15,18H,6-10H2,1H3/t11-,12-,13-,15+/m1/s1. The molecule has 2 bridgehead atoms. The Kier molecular flexibility index (Phi) is 3.63. The normalized spacial score (nSPS) is 31.8. The predicted octanol–water partition coefficient (Wildman–Crippen LogP) is 4.25. The van der Waals surface area contributed by atoms with Gasteiger partial charge in [0.15, 0.2) is 0 Å². The molecule has 4 atom stereocenters. The summed E-state index contributed by atoms with van der Waals surface area (Å²) in [6.07, 6.45) is 5.88. The molecule has 0 spiro atoms. The van der Waals surface area contributed by atoms with Crippen LogP contribution < -0.4 is 5.32 Å². The lowest BCUT2D eigenvalue weighted by Gasteiger charge is -2.28. The molecule has 18 heavy (non-hydrogen) atoms. The quantitative estimate of drug-likeness (QED) is 0.856. The van der Waals surface area contributed by atoms with E-state index in [2.05, 4.69) is 24.4 Å². The van der Waals surface area contributed by atoms with E-state index in [0.29, 0.717) is 6.04 Å². The second-order valence-electron chi connectivity index (χ2n) is 6.10. The van der Waals surface area contributed by atoms with Crippen molar-refractivity contribution in [2.24, 2.45) is 17.8 Å². The van der Waals surface area contributed by atoms with Gasteiger partial charge in [0.1, 0.15) is 0 Å². The van der Waals surface area contributed by atoms with Crippen LogP contribution in [0.2, 0.25) is 5.02 Å². The molecule has 0 heterocycles. The molecule has 1 aromatic rings. The third-order valence-corrected chi connectivity index (χ3v) is 5.38. The van der Waals surface area contributed by atoms with E-state index < -0.39 is 0 Å². The van der Waals surface area contributed by atoms with Crippen LogP contribution in [0.4, 0.5) is 0 Å². The molecule has 2 aliphatic rings. The van der Waals surface area contributed by atoms with Crippen LogP contribution in [-0.4, -0.2) is 6.04 Å². The minimum atomic E-state index is 0.622. The molecule has 1 N–H and O–H groups in total. The minimum absolute atomic E-state index is 0.622. The van der Waals surface area contributed by atoms with Gasteiger partial charge in [-0.25, -0.2) is 0 Å². The summed E-state index contributed by atoms with van der Waals surface area (Å²) in [6.45, 7) is 3.25. The Labute approximate surface area is 115 Å². The van der Waals surface area contributed by atoms with Gasteiger partial charge in [-0.3, -0.25) is 0 Å². The van der Waals surface area contributed by atoms with Crippen LogP contribution in [0.1, 0.15) is 38.2 Å². The summed E-state index contributed by atoms with van der Waals surface area (Å²) in [5.74, 6) is 2.92. The van der Waals surface area contributed by atoms with Crippen molar-refractivity contribution in [2.45, 2.75) is 45.2 Å². The van der Waals surface area contributed by atoms with Gasteiger partial charge in [0.05, 0.1) is 0 Å². The van der Waals surface area contributed by atoms with Crippen molar-refractivity contribution in [1.82, 2.24) is 5.32 Å². The van der Waals surface area contributed by atoms with E-state index in [-0.39, 0.29) is 0 Å². The van der Waals surface area contributed by atoms with Crippen molar-refractivity contribution in [1.29, 1.82) is 0 Å². The van der Waals surface area contributed by atoms with Gasteiger partial charge in [0.2, 0.25) is 0 Å². The van der Waals surface area contributed by atoms with Crippen molar-refractivity contribution in [3.05, 3.63) is 34.9 Å². The Balaban J connectivity index is 1.56. The average Bonchev–Trinajstić information content (AvgIpc) is 2.99. The highest BCUT2D eigenvalue weighted by atomic mass is 35.5. The fourth-order valence-electron chi connectivity index (χ4n) is 3.97. The molecule has 98 valence electrons. The lowest BCUT2D eigenvalue weighted by molar-refractivity contribution is 0.259. The first kappa shape index (κ1) is 12.5. The zero-order valence-electron chi connectivity index (χ0n) is 11.0. The fraction of sp³-hybridized carbons (Fsp3) is 0.625. The highest BCUT2D eigenvalue weighted by Gasteiger charge is 2.41. The Morgan fingerprint density at radius 1 is 1.28 bits per heavy atom. The minimum Gasteiger partial charge on any atom is -0.310 e. The topological polar surface area (TPSA) is 12.0 Å². The zero-order chi connectivity index (χ0) is 12.5.